The van der Waals surface area contributed by atoms with Gasteiger partial charge in [0.1, 0.15) is 6.10 Å². The molecule has 4 heteroatoms. The molecule has 0 aromatic heterocycles. The zero-order chi connectivity index (χ0) is 8.72. The molecule has 2 aliphatic rings. The molecule has 70 valence electrons. The van der Waals surface area contributed by atoms with Gasteiger partial charge in [0.15, 0.2) is 6.29 Å². The summed E-state index contributed by atoms with van der Waals surface area (Å²) in [5.74, 6) is 0.0170. The van der Waals surface area contributed by atoms with Gasteiger partial charge in [0.2, 0.25) is 0 Å². The molecule has 1 aliphatic carbocycles. The number of rotatable bonds is 0. The molecule has 0 amide bonds. The lowest BCUT2D eigenvalue weighted by Crippen LogP contribution is -2.52. The molecule has 0 aromatic rings. The van der Waals surface area contributed by atoms with Crippen LogP contribution in [0.3, 0.4) is 0 Å². The molecule has 0 spiro atoms. The monoisotopic (exact) mass is 174 g/mol. The maximum absolute atomic E-state index is 9.53. The molecule has 5 unspecified atom stereocenters. The van der Waals surface area contributed by atoms with Gasteiger partial charge in [0.25, 0.3) is 0 Å². The lowest BCUT2D eigenvalue weighted by molar-refractivity contribution is -0.262. The number of ether oxygens (including phenoxy) is 1. The Hall–Kier alpha value is -0.160. The van der Waals surface area contributed by atoms with E-state index in [1.165, 1.54) is 0 Å². The number of aliphatic hydroxyl groups is 3. The van der Waals surface area contributed by atoms with Gasteiger partial charge in [-0.1, -0.05) is 6.42 Å². The van der Waals surface area contributed by atoms with E-state index in [1.54, 1.807) is 0 Å². The van der Waals surface area contributed by atoms with Crippen molar-refractivity contribution in [2.24, 2.45) is 5.92 Å². The summed E-state index contributed by atoms with van der Waals surface area (Å²) >= 11 is 0. The van der Waals surface area contributed by atoms with E-state index in [9.17, 15) is 10.2 Å². The van der Waals surface area contributed by atoms with Crippen molar-refractivity contribution < 1.29 is 20.1 Å². The minimum atomic E-state index is -1.21. The predicted octanol–water partition coefficient (Wildman–Crippen LogP) is -0.774. The van der Waals surface area contributed by atoms with Crippen LogP contribution in [0.4, 0.5) is 0 Å². The summed E-state index contributed by atoms with van der Waals surface area (Å²) in [7, 11) is 0. The van der Waals surface area contributed by atoms with Gasteiger partial charge in [-0.3, -0.25) is 0 Å². The molecule has 1 saturated heterocycles. The van der Waals surface area contributed by atoms with E-state index in [1.807, 2.05) is 0 Å². The third kappa shape index (κ3) is 1.15. The summed E-state index contributed by atoms with van der Waals surface area (Å²) in [6.07, 6.45) is -0.448. The van der Waals surface area contributed by atoms with Crippen molar-refractivity contribution in [3.63, 3.8) is 0 Å². The largest absolute Gasteiger partial charge is 0.390 e. The quantitative estimate of drug-likeness (QED) is 0.451. The van der Waals surface area contributed by atoms with Gasteiger partial charge in [-0.05, 0) is 12.8 Å². The molecular weight excluding hydrogens is 160 g/mol. The van der Waals surface area contributed by atoms with Crippen molar-refractivity contribution in [1.82, 2.24) is 0 Å². The summed E-state index contributed by atoms with van der Waals surface area (Å²) in [6, 6.07) is 0. The minimum absolute atomic E-state index is 0.0170. The zero-order valence-corrected chi connectivity index (χ0v) is 6.76. The van der Waals surface area contributed by atoms with Crippen LogP contribution in [0.2, 0.25) is 0 Å². The van der Waals surface area contributed by atoms with Crippen LogP contribution in [0.1, 0.15) is 19.3 Å². The molecule has 1 heterocycles. The SMILES string of the molecule is OC1OC2CCCC2C(O)C1O. The summed E-state index contributed by atoms with van der Waals surface area (Å²) in [6.45, 7) is 0. The van der Waals surface area contributed by atoms with Gasteiger partial charge in [-0.25, -0.2) is 0 Å². The molecule has 0 radical (unpaired) electrons. The van der Waals surface area contributed by atoms with Gasteiger partial charge in [0, 0.05) is 5.92 Å². The van der Waals surface area contributed by atoms with E-state index in [2.05, 4.69) is 0 Å². The van der Waals surface area contributed by atoms with Crippen molar-refractivity contribution in [1.29, 1.82) is 0 Å². The summed E-state index contributed by atoms with van der Waals surface area (Å²) < 4.78 is 5.14. The Labute approximate surface area is 70.8 Å². The summed E-state index contributed by atoms with van der Waals surface area (Å²) in [5, 5.41) is 28.0. The first-order chi connectivity index (χ1) is 5.70. The van der Waals surface area contributed by atoms with Crippen LogP contribution in [-0.2, 0) is 4.74 Å². The van der Waals surface area contributed by atoms with Gasteiger partial charge < -0.3 is 20.1 Å². The van der Waals surface area contributed by atoms with Gasteiger partial charge in [-0.2, -0.15) is 0 Å². The number of hydrogen-bond donors (Lipinski definition) is 3. The van der Waals surface area contributed by atoms with Gasteiger partial charge in [-0.15, -0.1) is 0 Å². The van der Waals surface area contributed by atoms with E-state index in [-0.39, 0.29) is 12.0 Å². The lowest BCUT2D eigenvalue weighted by Gasteiger charge is -2.37. The number of fused-ring (bicyclic) bond motifs is 1. The van der Waals surface area contributed by atoms with Crippen LogP contribution in [0.15, 0.2) is 0 Å². The molecule has 5 atom stereocenters. The molecule has 0 bridgehead atoms. The Morgan fingerprint density at radius 2 is 1.75 bits per heavy atom. The van der Waals surface area contributed by atoms with Crippen molar-refractivity contribution in [2.75, 3.05) is 0 Å². The first-order valence-electron chi connectivity index (χ1n) is 4.40. The summed E-state index contributed by atoms with van der Waals surface area (Å²) in [4.78, 5) is 0. The smallest absolute Gasteiger partial charge is 0.183 e. The average molecular weight is 174 g/mol. The topological polar surface area (TPSA) is 69.9 Å². The fourth-order valence-corrected chi connectivity index (χ4v) is 2.20. The highest BCUT2D eigenvalue weighted by molar-refractivity contribution is 4.92. The highest BCUT2D eigenvalue weighted by Crippen LogP contribution is 2.36. The van der Waals surface area contributed by atoms with Crippen molar-refractivity contribution in [2.45, 2.75) is 43.9 Å². The van der Waals surface area contributed by atoms with E-state index in [0.29, 0.717) is 0 Å². The fourth-order valence-electron chi connectivity index (χ4n) is 2.20. The first kappa shape index (κ1) is 8.44. The summed E-state index contributed by atoms with van der Waals surface area (Å²) in [5.41, 5.74) is 0. The molecule has 3 N–H and O–H groups in total. The van der Waals surface area contributed by atoms with Gasteiger partial charge in [0.05, 0.1) is 12.2 Å². The second-order valence-electron chi connectivity index (χ2n) is 3.64. The normalized spacial score (nSPS) is 53.8. The molecule has 2 fully saturated rings. The first-order valence-corrected chi connectivity index (χ1v) is 4.40. The number of hydrogen-bond acceptors (Lipinski definition) is 4. The second kappa shape index (κ2) is 2.96. The van der Waals surface area contributed by atoms with Gasteiger partial charge >= 0.3 is 0 Å². The third-order valence-electron chi connectivity index (χ3n) is 2.90. The van der Waals surface area contributed by atoms with E-state index < -0.39 is 18.5 Å². The van der Waals surface area contributed by atoms with Crippen LogP contribution in [0, 0.1) is 5.92 Å². The highest BCUT2D eigenvalue weighted by atomic mass is 16.6. The van der Waals surface area contributed by atoms with Crippen molar-refractivity contribution in [3.8, 4) is 0 Å². The molecule has 1 saturated carbocycles. The predicted molar refractivity (Wildman–Crippen MR) is 40.2 cm³/mol. The zero-order valence-electron chi connectivity index (χ0n) is 6.76. The van der Waals surface area contributed by atoms with Crippen LogP contribution in [0.5, 0.6) is 0 Å². The third-order valence-corrected chi connectivity index (χ3v) is 2.90. The van der Waals surface area contributed by atoms with E-state index in [0.717, 1.165) is 19.3 Å². The standard InChI is InChI=1S/C8H14O4/c9-6-4-2-1-3-5(4)12-8(11)7(6)10/h4-11H,1-3H2. The van der Waals surface area contributed by atoms with Crippen molar-refractivity contribution >= 4 is 0 Å². The highest BCUT2D eigenvalue weighted by Gasteiger charge is 2.45. The molecule has 0 aromatic carbocycles. The van der Waals surface area contributed by atoms with E-state index >= 15 is 0 Å². The Balaban J connectivity index is 2.10. The fraction of sp³-hybridized carbons (Fsp3) is 1.00. The molecule has 2 rings (SSSR count). The molecule has 12 heavy (non-hydrogen) atoms. The van der Waals surface area contributed by atoms with E-state index in [4.69, 9.17) is 9.84 Å². The Morgan fingerprint density at radius 3 is 2.50 bits per heavy atom. The van der Waals surface area contributed by atoms with Crippen LogP contribution < -0.4 is 0 Å². The average Bonchev–Trinajstić information content (AvgIpc) is 2.48. The molecular formula is C8H14O4. The Morgan fingerprint density at radius 1 is 1.00 bits per heavy atom. The van der Waals surface area contributed by atoms with Crippen LogP contribution >= 0.6 is 0 Å². The second-order valence-corrected chi connectivity index (χ2v) is 3.64. The van der Waals surface area contributed by atoms with Crippen LogP contribution in [0.25, 0.3) is 0 Å². The maximum Gasteiger partial charge on any atom is 0.183 e. The molecule has 4 nitrogen and oxygen atoms in total. The number of aliphatic hydroxyl groups excluding tert-OH is 3. The minimum Gasteiger partial charge on any atom is -0.390 e. The molecule has 1 aliphatic heterocycles. The Bertz CT molecular complexity index is 172. The Kier molecular flexibility index (Phi) is 2.08. The maximum atomic E-state index is 9.53. The lowest BCUT2D eigenvalue weighted by atomic mass is 9.91. The van der Waals surface area contributed by atoms with Crippen molar-refractivity contribution in [3.05, 3.63) is 0 Å². The van der Waals surface area contributed by atoms with Crippen LogP contribution in [-0.4, -0.2) is 39.9 Å².